The highest BCUT2D eigenvalue weighted by Gasteiger charge is 2.22. The third-order valence-corrected chi connectivity index (χ3v) is 6.04. The molecule has 0 aromatic carbocycles. The van der Waals surface area contributed by atoms with Gasteiger partial charge >= 0.3 is 0 Å². The van der Waals surface area contributed by atoms with Gasteiger partial charge in [0.2, 0.25) is 0 Å². The van der Waals surface area contributed by atoms with Crippen LogP contribution < -0.4 is 4.72 Å². The molecule has 0 fully saturated rings. The molecule has 0 amide bonds. The van der Waals surface area contributed by atoms with Crippen molar-refractivity contribution in [3.63, 3.8) is 0 Å². The Labute approximate surface area is 124 Å². The predicted molar refractivity (Wildman–Crippen MR) is 80.2 cm³/mol. The molecule has 0 unspecified atom stereocenters. The molecule has 0 bridgehead atoms. The minimum Gasteiger partial charge on any atom is -0.276 e. The van der Waals surface area contributed by atoms with Crippen molar-refractivity contribution in [1.82, 2.24) is 9.78 Å². The number of thiophene rings is 1. The molecule has 0 radical (unpaired) electrons. The molecule has 2 aromatic heterocycles. The van der Waals surface area contributed by atoms with Gasteiger partial charge in [-0.1, -0.05) is 0 Å². The monoisotopic (exact) mass is 363 g/mol. The molecule has 1 N–H and O–H groups in total. The molecule has 8 heteroatoms. The van der Waals surface area contributed by atoms with Crippen LogP contribution in [0.1, 0.15) is 16.3 Å². The number of hydrogen-bond donors (Lipinski definition) is 1. The van der Waals surface area contributed by atoms with Crippen molar-refractivity contribution in [2.75, 3.05) is 4.72 Å². The maximum atomic E-state index is 12.4. The third kappa shape index (κ3) is 2.70. The van der Waals surface area contributed by atoms with Gasteiger partial charge in [-0.05, 0) is 42.8 Å². The van der Waals surface area contributed by atoms with E-state index in [-0.39, 0.29) is 0 Å². The maximum Gasteiger partial charge on any atom is 0.263 e. The number of sulfonamides is 1. The Morgan fingerprint density at radius 3 is 2.42 bits per heavy atom. The van der Waals surface area contributed by atoms with Crippen LogP contribution in [0.3, 0.4) is 0 Å². The lowest BCUT2D eigenvalue weighted by Gasteiger charge is -2.07. The Morgan fingerprint density at radius 1 is 1.37 bits per heavy atom. The van der Waals surface area contributed by atoms with Crippen molar-refractivity contribution in [1.29, 1.82) is 0 Å². The van der Waals surface area contributed by atoms with Crippen LogP contribution >= 0.6 is 27.3 Å². The lowest BCUT2D eigenvalue weighted by atomic mass is 10.3. The zero-order valence-electron chi connectivity index (χ0n) is 11.0. The quantitative estimate of drug-likeness (QED) is 0.911. The number of aromatic nitrogens is 2. The average molecular weight is 364 g/mol. The fourth-order valence-electron chi connectivity index (χ4n) is 1.81. The predicted octanol–water partition coefficient (Wildman–Crippen LogP) is 2.97. The number of rotatable bonds is 3. The Bertz CT molecular complexity index is 731. The van der Waals surface area contributed by atoms with Gasteiger partial charge in [-0.3, -0.25) is 9.40 Å². The molecule has 0 saturated carbocycles. The third-order valence-electron chi connectivity index (χ3n) is 2.88. The van der Waals surface area contributed by atoms with E-state index in [9.17, 15) is 8.42 Å². The lowest BCUT2D eigenvalue weighted by molar-refractivity contribution is 0.601. The molecule has 0 spiro atoms. The van der Waals surface area contributed by atoms with Gasteiger partial charge in [0.1, 0.15) is 4.90 Å². The Balaban J connectivity index is 2.45. The summed E-state index contributed by atoms with van der Waals surface area (Å²) in [6.45, 7) is 5.39. The Morgan fingerprint density at radius 2 is 2.00 bits per heavy atom. The number of hydrogen-bond acceptors (Lipinski definition) is 4. The molecule has 2 aromatic rings. The van der Waals surface area contributed by atoms with E-state index in [1.165, 1.54) is 11.3 Å². The van der Waals surface area contributed by atoms with E-state index in [1.54, 1.807) is 31.6 Å². The largest absolute Gasteiger partial charge is 0.276 e. The van der Waals surface area contributed by atoms with E-state index in [0.717, 1.165) is 14.4 Å². The van der Waals surface area contributed by atoms with Crippen LogP contribution in [-0.4, -0.2) is 18.2 Å². The molecule has 0 aliphatic carbocycles. The average Bonchev–Trinajstić information content (AvgIpc) is 2.74. The molecule has 0 atom stereocenters. The van der Waals surface area contributed by atoms with Crippen molar-refractivity contribution in [2.45, 2.75) is 25.7 Å². The van der Waals surface area contributed by atoms with E-state index in [2.05, 4.69) is 25.8 Å². The zero-order valence-corrected chi connectivity index (χ0v) is 14.2. The molecule has 2 heterocycles. The van der Waals surface area contributed by atoms with E-state index in [1.807, 2.05) is 6.92 Å². The van der Waals surface area contributed by atoms with Crippen LogP contribution in [0.2, 0.25) is 0 Å². The molecule has 2 rings (SSSR count). The smallest absolute Gasteiger partial charge is 0.263 e. The van der Waals surface area contributed by atoms with Crippen molar-refractivity contribution in [3.8, 4) is 0 Å². The summed E-state index contributed by atoms with van der Waals surface area (Å²) in [5, 5.41) is 4.20. The lowest BCUT2D eigenvalue weighted by Crippen LogP contribution is -2.14. The fraction of sp³-hybridized carbons (Fsp3) is 0.364. The normalized spacial score (nSPS) is 11.8. The van der Waals surface area contributed by atoms with Gasteiger partial charge in [0, 0.05) is 11.9 Å². The zero-order chi connectivity index (χ0) is 14.4. The van der Waals surface area contributed by atoms with Crippen LogP contribution in [0.15, 0.2) is 14.7 Å². The van der Waals surface area contributed by atoms with Gasteiger partial charge in [0.15, 0.2) is 0 Å². The highest BCUT2D eigenvalue weighted by Crippen LogP contribution is 2.31. The van der Waals surface area contributed by atoms with Crippen molar-refractivity contribution in [2.24, 2.45) is 7.05 Å². The van der Waals surface area contributed by atoms with Crippen molar-refractivity contribution in [3.05, 3.63) is 26.1 Å². The van der Waals surface area contributed by atoms with Gasteiger partial charge in [-0.25, -0.2) is 8.42 Å². The number of anilines is 1. The topological polar surface area (TPSA) is 64.0 Å². The van der Waals surface area contributed by atoms with Gasteiger partial charge in [0.05, 0.1) is 20.9 Å². The van der Waals surface area contributed by atoms with Crippen LogP contribution in [0.25, 0.3) is 0 Å². The summed E-state index contributed by atoms with van der Waals surface area (Å²) in [7, 11) is -1.79. The van der Waals surface area contributed by atoms with Crippen molar-refractivity contribution < 1.29 is 8.42 Å². The molecule has 104 valence electrons. The second kappa shape index (κ2) is 4.92. The number of nitrogens with zero attached hydrogens (tertiary/aromatic N) is 2. The minimum absolute atomic E-state index is 0.298. The highest BCUT2D eigenvalue weighted by molar-refractivity contribution is 9.11. The Hall–Kier alpha value is -0.860. The molecule has 0 aliphatic rings. The Kier molecular flexibility index (Phi) is 3.76. The molecule has 0 aliphatic heterocycles. The summed E-state index contributed by atoms with van der Waals surface area (Å²) >= 11 is 4.70. The van der Waals surface area contributed by atoms with Crippen LogP contribution in [0, 0.1) is 20.8 Å². The minimum atomic E-state index is -3.58. The fourth-order valence-corrected chi connectivity index (χ4v) is 5.40. The first-order chi connectivity index (χ1) is 8.72. The van der Waals surface area contributed by atoms with Gasteiger partial charge in [0.25, 0.3) is 10.0 Å². The number of nitrogens with one attached hydrogen (secondary N) is 1. The van der Waals surface area contributed by atoms with E-state index in [0.29, 0.717) is 16.3 Å². The molecule has 5 nitrogen and oxygen atoms in total. The van der Waals surface area contributed by atoms with Gasteiger partial charge < -0.3 is 0 Å². The summed E-state index contributed by atoms with van der Waals surface area (Å²) < 4.78 is 29.8. The van der Waals surface area contributed by atoms with Crippen molar-refractivity contribution >= 4 is 43.0 Å². The molecular formula is C11H14BrN3O2S2. The molecular weight excluding hydrogens is 350 g/mol. The van der Waals surface area contributed by atoms with Crippen LogP contribution in [-0.2, 0) is 17.1 Å². The number of halogens is 1. The first-order valence-electron chi connectivity index (χ1n) is 5.51. The first-order valence-corrected chi connectivity index (χ1v) is 8.60. The standard InChI is InChI=1S/C11H14BrN3O2S2/c1-6-11(7(2)15(4)13-6)14-19(16,17)9-5-10(12)18-8(9)3/h5,14H,1-4H3. The first kappa shape index (κ1) is 14.5. The second-order valence-electron chi connectivity index (χ2n) is 4.25. The molecule has 0 saturated heterocycles. The van der Waals surface area contributed by atoms with Gasteiger partial charge in [-0.15, -0.1) is 11.3 Å². The summed E-state index contributed by atoms with van der Waals surface area (Å²) in [6.07, 6.45) is 0. The highest BCUT2D eigenvalue weighted by atomic mass is 79.9. The molecule has 19 heavy (non-hydrogen) atoms. The summed E-state index contributed by atoms with van der Waals surface area (Å²) in [6, 6.07) is 1.61. The number of aryl methyl sites for hydroxylation is 3. The van der Waals surface area contributed by atoms with Crippen LogP contribution in [0.4, 0.5) is 5.69 Å². The van der Waals surface area contributed by atoms with Gasteiger partial charge in [-0.2, -0.15) is 5.10 Å². The van der Waals surface area contributed by atoms with Crippen LogP contribution in [0.5, 0.6) is 0 Å². The van der Waals surface area contributed by atoms with E-state index < -0.39 is 10.0 Å². The van der Waals surface area contributed by atoms with E-state index in [4.69, 9.17) is 0 Å². The summed E-state index contributed by atoms with van der Waals surface area (Å²) in [4.78, 5) is 1.05. The van der Waals surface area contributed by atoms with E-state index >= 15 is 0 Å². The SMILES string of the molecule is Cc1nn(C)c(C)c1NS(=O)(=O)c1cc(Br)sc1C. The maximum absolute atomic E-state index is 12.4. The second-order valence-corrected chi connectivity index (χ2v) is 8.53. The summed E-state index contributed by atoms with van der Waals surface area (Å²) in [5.74, 6) is 0. The summed E-state index contributed by atoms with van der Waals surface area (Å²) in [5.41, 5.74) is 1.99.